The van der Waals surface area contributed by atoms with E-state index in [0.717, 1.165) is 28.1 Å². The van der Waals surface area contributed by atoms with Gasteiger partial charge in [-0.25, -0.2) is 0 Å². The fourth-order valence-corrected chi connectivity index (χ4v) is 3.41. The van der Waals surface area contributed by atoms with Crippen LogP contribution in [-0.4, -0.2) is 9.55 Å². The van der Waals surface area contributed by atoms with E-state index in [2.05, 4.69) is 82.6 Å². The number of imidazole rings is 1. The third-order valence-electron chi connectivity index (χ3n) is 4.66. The molecule has 3 aromatic carbocycles. The Morgan fingerprint density at radius 1 is 0.704 bits per heavy atom. The van der Waals surface area contributed by atoms with Crippen LogP contribution in [0, 0.1) is 6.33 Å². The Labute approximate surface area is 157 Å². The topological polar surface area (TPSA) is 21.7 Å². The summed E-state index contributed by atoms with van der Waals surface area (Å²) in [6, 6.07) is 33.1. The van der Waals surface area contributed by atoms with Crippen molar-refractivity contribution in [3.05, 3.63) is 110 Å². The fraction of sp³-hybridized carbons (Fsp3) is 0. The second-order valence-corrected chi connectivity index (χ2v) is 6.34. The van der Waals surface area contributed by atoms with E-state index in [4.69, 9.17) is 0 Å². The van der Waals surface area contributed by atoms with Crippen molar-refractivity contribution < 1.29 is 4.57 Å². The second kappa shape index (κ2) is 6.54. The van der Waals surface area contributed by atoms with E-state index in [1.807, 2.05) is 41.1 Å². The van der Waals surface area contributed by atoms with Gasteiger partial charge in [0.2, 0.25) is 0 Å². The summed E-state index contributed by atoms with van der Waals surface area (Å²) >= 11 is 0. The quantitative estimate of drug-likeness (QED) is 0.340. The fourth-order valence-electron chi connectivity index (χ4n) is 3.41. The summed E-state index contributed by atoms with van der Waals surface area (Å²) in [5.41, 5.74) is 6.36. The molecular formula is C24H17N3. The van der Waals surface area contributed by atoms with E-state index in [1.54, 1.807) is 0 Å². The Bertz CT molecular complexity index is 1210. The molecule has 0 saturated carbocycles. The van der Waals surface area contributed by atoms with E-state index in [-0.39, 0.29) is 0 Å². The number of pyridine rings is 1. The zero-order valence-corrected chi connectivity index (χ0v) is 14.7. The monoisotopic (exact) mass is 347 g/mol. The number of nitrogens with zero attached hydrogens (tertiary/aromatic N) is 3. The first kappa shape index (κ1) is 15.5. The molecule has 5 aromatic rings. The number of hydrogen-bond acceptors (Lipinski definition) is 1. The standard InChI is InChI=1S/C24H17N3/c1-3-10-19(11-4-1)21-14-7-8-15-22(21)27-18-26(20-12-5-2-6-13-20)24-23(27)16-9-17-25-24/h1-17H. The molecule has 0 atom stereocenters. The van der Waals surface area contributed by atoms with Crippen molar-refractivity contribution in [1.29, 1.82) is 0 Å². The Morgan fingerprint density at radius 3 is 2.22 bits per heavy atom. The lowest BCUT2D eigenvalue weighted by Gasteiger charge is -2.10. The maximum atomic E-state index is 4.62. The van der Waals surface area contributed by atoms with Gasteiger partial charge in [-0.1, -0.05) is 66.7 Å². The Morgan fingerprint density at radius 2 is 1.41 bits per heavy atom. The zero-order chi connectivity index (χ0) is 18.1. The molecule has 0 fully saturated rings. The van der Waals surface area contributed by atoms with Gasteiger partial charge >= 0.3 is 0 Å². The number of para-hydroxylation sites is 2. The van der Waals surface area contributed by atoms with E-state index in [0.29, 0.717) is 0 Å². The summed E-state index contributed by atoms with van der Waals surface area (Å²) in [6.07, 6.45) is 5.33. The van der Waals surface area contributed by atoms with Crippen LogP contribution in [0.25, 0.3) is 33.7 Å². The third-order valence-corrected chi connectivity index (χ3v) is 4.66. The number of hydrogen-bond donors (Lipinski definition) is 0. The van der Waals surface area contributed by atoms with Gasteiger partial charge in [-0.2, -0.15) is 0 Å². The maximum absolute atomic E-state index is 4.62. The van der Waals surface area contributed by atoms with Gasteiger partial charge in [-0.15, -0.1) is 0 Å². The Kier molecular flexibility index (Phi) is 3.76. The highest BCUT2D eigenvalue weighted by atomic mass is 15.2. The molecule has 0 radical (unpaired) electrons. The molecule has 27 heavy (non-hydrogen) atoms. The van der Waals surface area contributed by atoms with E-state index < -0.39 is 0 Å². The van der Waals surface area contributed by atoms with Crippen molar-refractivity contribution in [2.45, 2.75) is 0 Å². The molecule has 0 unspecified atom stereocenters. The second-order valence-electron chi connectivity index (χ2n) is 6.34. The molecule has 128 valence electrons. The van der Waals surface area contributed by atoms with Crippen LogP contribution in [0.3, 0.4) is 0 Å². The largest absolute Gasteiger partial charge is 0.290 e. The first-order valence-corrected chi connectivity index (χ1v) is 8.93. The van der Waals surface area contributed by atoms with E-state index in [1.165, 1.54) is 5.56 Å². The van der Waals surface area contributed by atoms with Crippen LogP contribution in [-0.2, 0) is 0 Å². The van der Waals surface area contributed by atoms with Crippen molar-refractivity contribution >= 4 is 11.2 Å². The van der Waals surface area contributed by atoms with Gasteiger partial charge in [0.15, 0.2) is 5.65 Å². The minimum atomic E-state index is 0.881. The molecule has 0 spiro atoms. The zero-order valence-electron chi connectivity index (χ0n) is 14.7. The molecular weight excluding hydrogens is 330 g/mol. The van der Waals surface area contributed by atoms with Crippen LogP contribution in [0.15, 0.2) is 103 Å². The van der Waals surface area contributed by atoms with Crippen molar-refractivity contribution in [1.82, 2.24) is 9.55 Å². The molecule has 5 rings (SSSR count). The molecule has 0 bridgehead atoms. The molecule has 0 aliphatic heterocycles. The molecule has 3 heteroatoms. The lowest BCUT2D eigenvalue weighted by Crippen LogP contribution is -2.30. The van der Waals surface area contributed by atoms with Crippen molar-refractivity contribution in [2.75, 3.05) is 0 Å². The first-order valence-electron chi connectivity index (χ1n) is 8.93. The minimum absolute atomic E-state index is 0.881. The first-order chi connectivity index (χ1) is 13.4. The van der Waals surface area contributed by atoms with Gasteiger partial charge in [0.1, 0.15) is 5.52 Å². The average Bonchev–Trinajstić information content (AvgIpc) is 3.15. The third kappa shape index (κ3) is 2.70. The smallest absolute Gasteiger partial charge is 0.271 e. The van der Waals surface area contributed by atoms with Gasteiger partial charge < -0.3 is 0 Å². The Balaban J connectivity index is 1.79. The van der Waals surface area contributed by atoms with E-state index in [9.17, 15) is 0 Å². The summed E-state index contributed by atoms with van der Waals surface area (Å²) in [5.74, 6) is 0. The van der Waals surface area contributed by atoms with Crippen LogP contribution in [0.2, 0.25) is 0 Å². The molecule has 2 aromatic heterocycles. The Hall–Kier alpha value is -3.72. The van der Waals surface area contributed by atoms with Crippen molar-refractivity contribution in [3.8, 4) is 22.5 Å². The molecule has 0 aliphatic rings. The molecule has 2 heterocycles. The summed E-state index contributed by atoms with van der Waals surface area (Å²) in [4.78, 5) is 4.62. The summed E-state index contributed by atoms with van der Waals surface area (Å²) < 4.78 is 4.11. The predicted octanol–water partition coefficient (Wildman–Crippen LogP) is 4.77. The van der Waals surface area contributed by atoms with Gasteiger partial charge in [0.05, 0.1) is 11.4 Å². The highest BCUT2D eigenvalue weighted by Gasteiger charge is 2.15. The van der Waals surface area contributed by atoms with Crippen LogP contribution in [0.5, 0.6) is 0 Å². The number of aromatic nitrogens is 3. The van der Waals surface area contributed by atoms with Gasteiger partial charge in [-0.05, 0) is 41.5 Å². The average molecular weight is 347 g/mol. The van der Waals surface area contributed by atoms with Gasteiger partial charge in [0.25, 0.3) is 6.33 Å². The lowest BCUT2D eigenvalue weighted by molar-refractivity contribution is -0.571. The summed E-state index contributed by atoms with van der Waals surface area (Å²) in [7, 11) is 0. The number of rotatable bonds is 3. The van der Waals surface area contributed by atoms with Crippen molar-refractivity contribution in [2.24, 2.45) is 0 Å². The van der Waals surface area contributed by atoms with Crippen molar-refractivity contribution in [3.63, 3.8) is 0 Å². The molecule has 0 N–H and O–H groups in total. The molecule has 0 aliphatic carbocycles. The highest BCUT2D eigenvalue weighted by molar-refractivity contribution is 5.74. The highest BCUT2D eigenvalue weighted by Crippen LogP contribution is 2.25. The van der Waals surface area contributed by atoms with Gasteiger partial charge in [-0.3, -0.25) is 14.1 Å². The minimum Gasteiger partial charge on any atom is -0.290 e. The van der Waals surface area contributed by atoms with Crippen LogP contribution >= 0.6 is 0 Å². The SMILES string of the molecule is [c-]1n(-c2ccccc2)c2ncccc2[n+]1-c1ccccc1-c1ccccc1. The van der Waals surface area contributed by atoms with E-state index >= 15 is 0 Å². The molecule has 0 amide bonds. The maximum Gasteiger partial charge on any atom is 0.271 e. The summed E-state index contributed by atoms with van der Waals surface area (Å²) in [5, 5.41) is 0. The van der Waals surface area contributed by atoms with Crippen LogP contribution in [0.4, 0.5) is 0 Å². The number of fused-ring (bicyclic) bond motifs is 1. The van der Waals surface area contributed by atoms with Gasteiger partial charge in [0, 0.05) is 6.20 Å². The molecule has 3 nitrogen and oxygen atoms in total. The predicted molar refractivity (Wildman–Crippen MR) is 107 cm³/mol. The van der Waals surface area contributed by atoms with Crippen LogP contribution < -0.4 is 4.57 Å². The summed E-state index contributed by atoms with van der Waals surface area (Å²) in [6.45, 7) is 0. The molecule has 0 saturated heterocycles. The normalized spacial score (nSPS) is 11.0. The number of benzene rings is 3. The van der Waals surface area contributed by atoms with Crippen LogP contribution in [0.1, 0.15) is 0 Å². The lowest BCUT2D eigenvalue weighted by atomic mass is 10.0.